The summed E-state index contributed by atoms with van der Waals surface area (Å²) in [6.45, 7) is 9.05. The van der Waals surface area contributed by atoms with Crippen LogP contribution < -0.4 is 5.32 Å². The van der Waals surface area contributed by atoms with E-state index < -0.39 is 0 Å². The number of hydrogen-bond donors (Lipinski definition) is 1. The lowest BCUT2D eigenvalue weighted by atomic mass is 9.98. The van der Waals surface area contributed by atoms with Crippen molar-refractivity contribution in [1.82, 2.24) is 10.2 Å². The van der Waals surface area contributed by atoms with Crippen LogP contribution in [0.25, 0.3) is 0 Å². The Morgan fingerprint density at radius 2 is 1.79 bits per heavy atom. The van der Waals surface area contributed by atoms with Gasteiger partial charge in [-0.15, -0.1) is 0 Å². The van der Waals surface area contributed by atoms with Crippen LogP contribution in [0.1, 0.15) is 59.8 Å². The Morgan fingerprint density at radius 1 is 1.16 bits per heavy atom. The maximum Gasteiger partial charge on any atom is 0.245 e. The maximum atomic E-state index is 12.5. The van der Waals surface area contributed by atoms with E-state index in [4.69, 9.17) is 0 Å². The molecule has 0 aromatic heterocycles. The minimum Gasteiger partial charge on any atom is -0.343 e. The zero-order valence-corrected chi connectivity index (χ0v) is 12.7. The van der Waals surface area contributed by atoms with Crippen molar-refractivity contribution in [2.75, 3.05) is 6.54 Å². The second kappa shape index (κ2) is 7.51. The third kappa shape index (κ3) is 3.95. The topological polar surface area (TPSA) is 49.4 Å². The molecule has 0 aromatic carbocycles. The molecule has 0 aliphatic carbocycles. The molecular weight excluding hydrogens is 240 g/mol. The number of carbonyl (C=O) groups is 2. The molecule has 19 heavy (non-hydrogen) atoms. The number of piperazine rings is 1. The summed E-state index contributed by atoms with van der Waals surface area (Å²) in [5, 5.41) is 2.89. The summed E-state index contributed by atoms with van der Waals surface area (Å²) in [7, 11) is 0. The Morgan fingerprint density at radius 3 is 2.32 bits per heavy atom. The SMILES string of the molecule is CCCC1NC(=O)C(CCC)N(CC(C)CC)C1=O. The van der Waals surface area contributed by atoms with Crippen LogP contribution in [0.5, 0.6) is 0 Å². The molecule has 1 heterocycles. The van der Waals surface area contributed by atoms with E-state index >= 15 is 0 Å². The van der Waals surface area contributed by atoms with Gasteiger partial charge in [-0.3, -0.25) is 9.59 Å². The highest BCUT2D eigenvalue weighted by Gasteiger charge is 2.39. The first kappa shape index (κ1) is 16.0. The van der Waals surface area contributed by atoms with Crippen molar-refractivity contribution in [2.45, 2.75) is 71.9 Å². The molecule has 0 spiro atoms. The molecule has 1 N–H and O–H groups in total. The van der Waals surface area contributed by atoms with E-state index in [0.717, 1.165) is 32.1 Å². The number of carbonyl (C=O) groups excluding carboxylic acids is 2. The van der Waals surface area contributed by atoms with Crippen LogP contribution >= 0.6 is 0 Å². The van der Waals surface area contributed by atoms with Crippen molar-refractivity contribution >= 4 is 11.8 Å². The zero-order chi connectivity index (χ0) is 14.4. The van der Waals surface area contributed by atoms with Gasteiger partial charge in [-0.05, 0) is 18.8 Å². The average molecular weight is 268 g/mol. The first-order valence-corrected chi connectivity index (χ1v) is 7.65. The molecule has 110 valence electrons. The number of nitrogens with zero attached hydrogens (tertiary/aromatic N) is 1. The molecule has 1 aliphatic rings. The van der Waals surface area contributed by atoms with Crippen LogP contribution in [-0.2, 0) is 9.59 Å². The van der Waals surface area contributed by atoms with Crippen LogP contribution in [0.3, 0.4) is 0 Å². The molecule has 4 nitrogen and oxygen atoms in total. The molecule has 4 heteroatoms. The number of hydrogen-bond acceptors (Lipinski definition) is 2. The van der Waals surface area contributed by atoms with Gasteiger partial charge in [0.1, 0.15) is 12.1 Å². The summed E-state index contributed by atoms with van der Waals surface area (Å²) in [5.74, 6) is 0.583. The van der Waals surface area contributed by atoms with Gasteiger partial charge in [0.2, 0.25) is 11.8 Å². The van der Waals surface area contributed by atoms with Gasteiger partial charge >= 0.3 is 0 Å². The number of amides is 2. The molecule has 0 bridgehead atoms. The van der Waals surface area contributed by atoms with E-state index in [9.17, 15) is 9.59 Å². The molecular formula is C15H28N2O2. The highest BCUT2D eigenvalue weighted by atomic mass is 16.2. The van der Waals surface area contributed by atoms with Gasteiger partial charge in [0.05, 0.1) is 0 Å². The van der Waals surface area contributed by atoms with Crippen LogP contribution in [0.15, 0.2) is 0 Å². The largest absolute Gasteiger partial charge is 0.343 e. The van der Waals surface area contributed by atoms with Crippen LogP contribution in [-0.4, -0.2) is 35.3 Å². The third-order valence-corrected chi connectivity index (χ3v) is 3.92. The Bertz CT molecular complexity index is 317. The lowest BCUT2D eigenvalue weighted by Gasteiger charge is -2.40. The molecule has 0 saturated carbocycles. The van der Waals surface area contributed by atoms with Gasteiger partial charge in [-0.2, -0.15) is 0 Å². The second-order valence-electron chi connectivity index (χ2n) is 5.66. The van der Waals surface area contributed by atoms with Gasteiger partial charge in [-0.25, -0.2) is 0 Å². The molecule has 3 unspecified atom stereocenters. The predicted molar refractivity (Wildman–Crippen MR) is 76.7 cm³/mol. The van der Waals surface area contributed by atoms with Crippen molar-refractivity contribution in [1.29, 1.82) is 0 Å². The Hall–Kier alpha value is -1.06. The Kier molecular flexibility index (Phi) is 6.32. The highest BCUT2D eigenvalue weighted by molar-refractivity contribution is 5.96. The first-order chi connectivity index (χ1) is 9.04. The fourth-order valence-electron chi connectivity index (χ4n) is 2.55. The predicted octanol–water partition coefficient (Wildman–Crippen LogP) is 2.33. The normalized spacial score (nSPS) is 25.4. The van der Waals surface area contributed by atoms with Gasteiger partial charge in [0.15, 0.2) is 0 Å². The van der Waals surface area contributed by atoms with E-state index in [1.807, 2.05) is 11.8 Å². The van der Waals surface area contributed by atoms with Crippen LogP contribution in [0.4, 0.5) is 0 Å². The van der Waals surface area contributed by atoms with Crippen molar-refractivity contribution in [3.05, 3.63) is 0 Å². The standard InChI is InChI=1S/C15H28N2O2/c1-5-8-12-15(19)17(10-11(4)7-3)13(9-6-2)14(18)16-12/h11-13H,5-10H2,1-4H3,(H,16,18). The van der Waals surface area contributed by atoms with Gasteiger partial charge < -0.3 is 10.2 Å². The molecule has 0 aromatic rings. The molecule has 1 fully saturated rings. The maximum absolute atomic E-state index is 12.5. The molecule has 1 saturated heterocycles. The van der Waals surface area contributed by atoms with Crippen molar-refractivity contribution < 1.29 is 9.59 Å². The van der Waals surface area contributed by atoms with Gasteiger partial charge in [0, 0.05) is 6.54 Å². The second-order valence-corrected chi connectivity index (χ2v) is 5.66. The monoisotopic (exact) mass is 268 g/mol. The average Bonchev–Trinajstić information content (AvgIpc) is 2.39. The van der Waals surface area contributed by atoms with Crippen LogP contribution in [0.2, 0.25) is 0 Å². The highest BCUT2D eigenvalue weighted by Crippen LogP contribution is 2.19. The third-order valence-electron chi connectivity index (χ3n) is 3.92. The zero-order valence-electron chi connectivity index (χ0n) is 12.7. The lowest BCUT2D eigenvalue weighted by Crippen LogP contribution is -2.63. The van der Waals surface area contributed by atoms with E-state index in [0.29, 0.717) is 12.5 Å². The van der Waals surface area contributed by atoms with Crippen molar-refractivity contribution in [3.63, 3.8) is 0 Å². The quantitative estimate of drug-likeness (QED) is 0.770. The van der Waals surface area contributed by atoms with Crippen LogP contribution in [0, 0.1) is 5.92 Å². The van der Waals surface area contributed by atoms with E-state index in [1.165, 1.54) is 0 Å². The summed E-state index contributed by atoms with van der Waals surface area (Å²) >= 11 is 0. The summed E-state index contributed by atoms with van der Waals surface area (Å²) < 4.78 is 0. The summed E-state index contributed by atoms with van der Waals surface area (Å²) in [6, 6.07) is -0.575. The van der Waals surface area contributed by atoms with Crippen molar-refractivity contribution in [2.24, 2.45) is 5.92 Å². The fraction of sp³-hybridized carbons (Fsp3) is 0.867. The number of nitrogens with one attached hydrogen (secondary N) is 1. The Balaban J connectivity index is 2.86. The lowest BCUT2D eigenvalue weighted by molar-refractivity contribution is -0.150. The first-order valence-electron chi connectivity index (χ1n) is 7.65. The molecule has 1 aliphatic heterocycles. The van der Waals surface area contributed by atoms with Gasteiger partial charge in [-0.1, -0.05) is 47.0 Å². The van der Waals surface area contributed by atoms with E-state index in [-0.39, 0.29) is 23.9 Å². The Labute approximate surface area is 116 Å². The van der Waals surface area contributed by atoms with E-state index in [2.05, 4.69) is 26.1 Å². The van der Waals surface area contributed by atoms with Crippen molar-refractivity contribution in [3.8, 4) is 0 Å². The minimum absolute atomic E-state index is 0.0307. The summed E-state index contributed by atoms with van der Waals surface area (Å²) in [4.78, 5) is 26.5. The molecule has 2 amide bonds. The number of rotatable bonds is 7. The minimum atomic E-state index is -0.310. The summed E-state index contributed by atoms with van der Waals surface area (Å²) in [6.07, 6.45) is 4.35. The summed E-state index contributed by atoms with van der Waals surface area (Å²) in [5.41, 5.74) is 0. The molecule has 0 radical (unpaired) electrons. The van der Waals surface area contributed by atoms with Gasteiger partial charge in [0.25, 0.3) is 0 Å². The smallest absolute Gasteiger partial charge is 0.245 e. The molecule has 3 atom stereocenters. The molecule has 1 rings (SSSR count). The fourth-order valence-corrected chi connectivity index (χ4v) is 2.55. The van der Waals surface area contributed by atoms with E-state index in [1.54, 1.807) is 0 Å².